The molecule has 3 unspecified atom stereocenters. The highest BCUT2D eigenvalue weighted by Gasteiger charge is 2.24. The largest absolute Gasteiger partial charge is 0.462 e. The van der Waals surface area contributed by atoms with Crippen LogP contribution in [-0.4, -0.2) is 46.9 Å². The monoisotopic (exact) mass is 952 g/mol. The Balaban J connectivity index is 4.63. The van der Waals surface area contributed by atoms with Crippen molar-refractivity contribution in [3.05, 3.63) is 60.8 Å². The molecule has 0 aromatic heterocycles. The molecule has 0 aromatic carbocycles. The normalized spacial score (nSPS) is 13.5. The first-order chi connectivity index (χ1) is 33.5. The Morgan fingerprint density at radius 1 is 0.441 bits per heavy atom. The molecule has 0 aliphatic carbocycles. The molecule has 0 rings (SSSR count). The number of ether oxygens (including phenoxy) is 1. The predicted octanol–water partition coefficient (Wildman–Crippen LogP) is 18.4. The van der Waals surface area contributed by atoms with E-state index in [9.17, 15) is 19.8 Å². The van der Waals surface area contributed by atoms with Crippen molar-refractivity contribution in [3.63, 3.8) is 0 Å². The van der Waals surface area contributed by atoms with Crippen LogP contribution in [0.3, 0.4) is 0 Å². The van der Waals surface area contributed by atoms with E-state index in [0.29, 0.717) is 19.3 Å². The number of esters is 1. The summed E-state index contributed by atoms with van der Waals surface area (Å²) < 4.78 is 5.94. The number of allylic oxidation sites excluding steroid dienone is 10. The first kappa shape index (κ1) is 65.6. The van der Waals surface area contributed by atoms with Gasteiger partial charge in [-0.15, -0.1) is 0 Å². The molecule has 0 saturated carbocycles. The third-order valence-electron chi connectivity index (χ3n) is 13.4. The second kappa shape index (κ2) is 55.5. The Kier molecular flexibility index (Phi) is 53.5. The van der Waals surface area contributed by atoms with E-state index in [-0.39, 0.29) is 24.9 Å². The zero-order valence-electron chi connectivity index (χ0n) is 45.2. The molecular formula is C62H113NO5. The van der Waals surface area contributed by atoms with E-state index in [4.69, 9.17) is 4.74 Å². The fourth-order valence-corrected chi connectivity index (χ4v) is 8.94. The Labute approximate surface area is 422 Å². The number of rotatable bonds is 53. The van der Waals surface area contributed by atoms with Crippen LogP contribution in [0.2, 0.25) is 0 Å². The van der Waals surface area contributed by atoms with Crippen molar-refractivity contribution in [2.75, 3.05) is 6.61 Å². The van der Waals surface area contributed by atoms with Crippen molar-refractivity contribution in [2.45, 2.75) is 315 Å². The molecule has 0 heterocycles. The van der Waals surface area contributed by atoms with Crippen molar-refractivity contribution in [2.24, 2.45) is 0 Å². The molecule has 3 N–H and O–H groups in total. The summed E-state index contributed by atoms with van der Waals surface area (Å²) in [5, 5.41) is 23.9. The molecule has 0 radical (unpaired) electrons. The molecule has 6 nitrogen and oxygen atoms in total. The van der Waals surface area contributed by atoms with Gasteiger partial charge in [-0.25, -0.2) is 0 Å². The summed E-state index contributed by atoms with van der Waals surface area (Å²) in [5.74, 6) is -0.518. The van der Waals surface area contributed by atoms with Crippen molar-refractivity contribution in [1.29, 1.82) is 0 Å². The van der Waals surface area contributed by atoms with E-state index in [1.54, 1.807) is 0 Å². The average molecular weight is 953 g/mol. The minimum absolute atomic E-state index is 0.0403. The lowest BCUT2D eigenvalue weighted by atomic mass is 10.0. The molecule has 0 aliphatic rings. The Hall–Kier alpha value is -2.44. The fraction of sp³-hybridized carbons (Fsp3) is 0.806. The van der Waals surface area contributed by atoms with Gasteiger partial charge >= 0.3 is 5.97 Å². The van der Waals surface area contributed by atoms with Crippen molar-refractivity contribution in [1.82, 2.24) is 5.32 Å². The summed E-state index contributed by atoms with van der Waals surface area (Å²) in [5.41, 5.74) is 0. The van der Waals surface area contributed by atoms with Gasteiger partial charge < -0.3 is 20.3 Å². The highest BCUT2D eigenvalue weighted by Crippen LogP contribution is 2.18. The summed E-state index contributed by atoms with van der Waals surface area (Å²) >= 11 is 0. The second-order valence-corrected chi connectivity index (χ2v) is 20.0. The van der Waals surface area contributed by atoms with Crippen LogP contribution in [0.1, 0.15) is 297 Å². The van der Waals surface area contributed by atoms with E-state index in [1.165, 1.54) is 167 Å². The van der Waals surface area contributed by atoms with Crippen LogP contribution in [0.4, 0.5) is 0 Å². The van der Waals surface area contributed by atoms with Crippen molar-refractivity contribution >= 4 is 11.9 Å². The zero-order chi connectivity index (χ0) is 49.5. The molecule has 0 saturated heterocycles. The van der Waals surface area contributed by atoms with Crippen LogP contribution in [-0.2, 0) is 14.3 Å². The van der Waals surface area contributed by atoms with Crippen molar-refractivity contribution < 1.29 is 24.5 Å². The molecule has 6 heteroatoms. The van der Waals surface area contributed by atoms with Crippen LogP contribution in [0.25, 0.3) is 0 Å². The molecule has 0 fully saturated rings. The number of unbranched alkanes of at least 4 members (excludes halogenated alkanes) is 31. The molecule has 0 aromatic rings. The quantitative estimate of drug-likeness (QED) is 0.0321. The van der Waals surface area contributed by atoms with Gasteiger partial charge in [0.05, 0.1) is 25.2 Å². The van der Waals surface area contributed by atoms with Gasteiger partial charge in [-0.2, -0.15) is 0 Å². The minimum Gasteiger partial charge on any atom is -0.462 e. The Morgan fingerprint density at radius 2 is 0.794 bits per heavy atom. The van der Waals surface area contributed by atoms with E-state index < -0.39 is 18.2 Å². The summed E-state index contributed by atoms with van der Waals surface area (Å²) in [6.45, 7) is 6.39. The molecule has 0 spiro atoms. The first-order valence-corrected chi connectivity index (χ1v) is 29.5. The maximum Gasteiger partial charge on any atom is 0.306 e. The minimum atomic E-state index is -0.804. The lowest BCUT2D eigenvalue weighted by Crippen LogP contribution is -2.46. The molecular weight excluding hydrogens is 839 g/mol. The maximum absolute atomic E-state index is 13.3. The lowest BCUT2D eigenvalue weighted by Gasteiger charge is -2.24. The molecule has 3 atom stereocenters. The number of amides is 1. The van der Waals surface area contributed by atoms with Gasteiger partial charge in [0.1, 0.15) is 6.10 Å². The van der Waals surface area contributed by atoms with Crippen LogP contribution in [0.5, 0.6) is 0 Å². The zero-order valence-corrected chi connectivity index (χ0v) is 45.2. The lowest BCUT2D eigenvalue weighted by molar-refractivity contribution is -0.151. The van der Waals surface area contributed by atoms with Crippen LogP contribution in [0, 0.1) is 0 Å². The summed E-state index contributed by atoms with van der Waals surface area (Å²) in [6, 6.07) is -0.721. The smallest absolute Gasteiger partial charge is 0.306 e. The molecule has 396 valence electrons. The van der Waals surface area contributed by atoms with Crippen LogP contribution >= 0.6 is 0 Å². The van der Waals surface area contributed by atoms with Crippen LogP contribution < -0.4 is 5.32 Å². The number of aliphatic hydroxyl groups excluding tert-OH is 2. The summed E-state index contributed by atoms with van der Waals surface area (Å²) in [6.07, 6.45) is 70.1. The topological polar surface area (TPSA) is 95.9 Å². The predicted molar refractivity (Wildman–Crippen MR) is 296 cm³/mol. The highest BCUT2D eigenvalue weighted by molar-refractivity contribution is 5.77. The standard InChI is InChI=1S/C62H113NO5/c1-4-7-10-13-16-19-22-25-28-31-32-35-38-41-44-47-50-53-58(68-62(67)55-52-49-46-43-40-37-34-30-27-24-21-18-15-12-9-6-3)56-61(66)63-59(57-64)60(65)54-51-48-45-42-39-36-33-29-26-23-20-17-14-11-8-5-2/h7,10,16,19,25,28,32,35,41,44,58-60,64-65H,4-6,8-9,11-15,17-18,20-24,26-27,29-31,33-34,36-40,42-43,45-57H2,1-3H3,(H,63,66)/b10-7-,19-16-,28-25-,35-32-,44-41-. The van der Waals surface area contributed by atoms with E-state index in [1.807, 2.05) is 0 Å². The second-order valence-electron chi connectivity index (χ2n) is 20.0. The number of hydrogen-bond acceptors (Lipinski definition) is 5. The Morgan fingerprint density at radius 3 is 1.18 bits per heavy atom. The van der Waals surface area contributed by atoms with E-state index in [2.05, 4.69) is 86.8 Å². The van der Waals surface area contributed by atoms with Gasteiger partial charge in [-0.1, -0.05) is 281 Å². The fourth-order valence-electron chi connectivity index (χ4n) is 8.94. The average Bonchev–Trinajstić information content (AvgIpc) is 3.33. The highest BCUT2D eigenvalue weighted by atomic mass is 16.5. The summed E-state index contributed by atoms with van der Waals surface area (Å²) in [7, 11) is 0. The van der Waals surface area contributed by atoms with Gasteiger partial charge in [-0.05, 0) is 64.2 Å². The number of hydrogen-bond donors (Lipinski definition) is 3. The van der Waals surface area contributed by atoms with E-state index >= 15 is 0 Å². The number of aliphatic hydroxyl groups is 2. The molecule has 0 bridgehead atoms. The van der Waals surface area contributed by atoms with Crippen LogP contribution in [0.15, 0.2) is 60.8 Å². The third-order valence-corrected chi connectivity index (χ3v) is 13.4. The molecule has 1 amide bonds. The number of carbonyl (C=O) groups is 2. The molecule has 0 aliphatic heterocycles. The SMILES string of the molecule is CC/C=C\C/C=C\C/C=C\C/C=C\C/C=C\CCCC(CC(=O)NC(CO)C(O)CCCCCCCCCCCCCCCCCC)OC(=O)CCCCCCCCCCCCCCCCCC. The summed E-state index contributed by atoms with van der Waals surface area (Å²) in [4.78, 5) is 26.3. The number of carbonyl (C=O) groups excluding carboxylic acids is 2. The van der Waals surface area contributed by atoms with Gasteiger partial charge in [0.2, 0.25) is 5.91 Å². The van der Waals surface area contributed by atoms with E-state index in [0.717, 1.165) is 83.5 Å². The molecule has 68 heavy (non-hydrogen) atoms. The Bertz CT molecular complexity index is 1210. The van der Waals surface area contributed by atoms with Gasteiger partial charge in [0.25, 0.3) is 0 Å². The van der Waals surface area contributed by atoms with Gasteiger partial charge in [-0.3, -0.25) is 9.59 Å². The third kappa shape index (κ3) is 50.0. The van der Waals surface area contributed by atoms with Gasteiger partial charge in [0, 0.05) is 6.42 Å². The van der Waals surface area contributed by atoms with Gasteiger partial charge in [0.15, 0.2) is 0 Å². The first-order valence-electron chi connectivity index (χ1n) is 29.5. The maximum atomic E-state index is 13.3. The number of nitrogens with one attached hydrogen (secondary N) is 1. The van der Waals surface area contributed by atoms with Crippen molar-refractivity contribution in [3.8, 4) is 0 Å².